The first-order valence-electron chi connectivity index (χ1n) is 4.16. The minimum Gasteiger partial charge on any atom is -0.368 e. The predicted octanol–water partition coefficient (Wildman–Crippen LogP) is -0.263. The molecule has 0 aliphatic carbocycles. The molecule has 0 radical (unpaired) electrons. The van der Waals surface area contributed by atoms with E-state index in [1.54, 1.807) is 11.7 Å². The van der Waals surface area contributed by atoms with Gasteiger partial charge in [0.1, 0.15) is 5.15 Å². The van der Waals surface area contributed by atoms with E-state index in [1.807, 2.05) is 6.92 Å². The van der Waals surface area contributed by atoms with Gasteiger partial charge in [-0.1, -0.05) is 11.6 Å². The van der Waals surface area contributed by atoms with Gasteiger partial charge in [-0.25, -0.2) is 0 Å². The molecule has 1 rings (SSSR count). The lowest BCUT2D eigenvalue weighted by Crippen LogP contribution is -2.38. The van der Waals surface area contributed by atoms with Crippen molar-refractivity contribution in [2.24, 2.45) is 18.5 Å². The number of nitrogens with zero attached hydrogens (tertiary/aromatic N) is 2. The Labute approximate surface area is 87.0 Å². The second-order valence-corrected chi connectivity index (χ2v) is 3.55. The lowest BCUT2D eigenvalue weighted by atomic mass is 10.1. The van der Waals surface area contributed by atoms with Gasteiger partial charge in [0, 0.05) is 19.0 Å². The lowest BCUT2D eigenvalue weighted by Gasteiger charge is -2.06. The minimum absolute atomic E-state index is 0.327. The molecule has 0 spiro atoms. The Hall–Kier alpha value is -1.07. The number of aryl methyl sites for hydroxylation is 2. The topological polar surface area (TPSA) is 86.9 Å². The van der Waals surface area contributed by atoms with E-state index < -0.39 is 11.9 Å². The Kier molecular flexibility index (Phi) is 3.13. The highest BCUT2D eigenvalue weighted by atomic mass is 35.5. The monoisotopic (exact) mass is 216 g/mol. The Morgan fingerprint density at radius 2 is 2.29 bits per heavy atom. The minimum atomic E-state index is -0.713. The lowest BCUT2D eigenvalue weighted by molar-refractivity contribution is -0.119. The van der Waals surface area contributed by atoms with E-state index in [4.69, 9.17) is 23.1 Å². The summed E-state index contributed by atoms with van der Waals surface area (Å²) < 4.78 is 1.54. The van der Waals surface area contributed by atoms with Crippen LogP contribution < -0.4 is 11.5 Å². The molecule has 1 unspecified atom stereocenters. The van der Waals surface area contributed by atoms with Gasteiger partial charge in [-0.3, -0.25) is 9.48 Å². The van der Waals surface area contributed by atoms with Gasteiger partial charge in [-0.05, 0) is 6.92 Å². The summed E-state index contributed by atoms with van der Waals surface area (Å²) in [6.45, 7) is 1.81. The molecule has 1 aromatic rings. The van der Waals surface area contributed by atoms with Crippen molar-refractivity contribution < 1.29 is 4.79 Å². The first-order valence-corrected chi connectivity index (χ1v) is 4.54. The van der Waals surface area contributed by atoms with Crippen molar-refractivity contribution >= 4 is 17.5 Å². The fourth-order valence-electron chi connectivity index (χ4n) is 1.23. The van der Waals surface area contributed by atoms with Crippen LogP contribution in [0.1, 0.15) is 11.3 Å². The number of hydrogen-bond acceptors (Lipinski definition) is 3. The van der Waals surface area contributed by atoms with Crippen molar-refractivity contribution in [1.82, 2.24) is 9.78 Å². The molecule has 0 aliphatic rings. The zero-order valence-corrected chi connectivity index (χ0v) is 8.88. The third-order valence-electron chi connectivity index (χ3n) is 2.06. The fraction of sp³-hybridized carbons (Fsp3) is 0.500. The quantitative estimate of drug-likeness (QED) is 0.730. The molecular formula is C8H13ClN4O. The number of primary amides is 1. The Morgan fingerprint density at radius 3 is 2.64 bits per heavy atom. The van der Waals surface area contributed by atoms with Crippen molar-refractivity contribution in [1.29, 1.82) is 0 Å². The Morgan fingerprint density at radius 1 is 1.71 bits per heavy atom. The summed E-state index contributed by atoms with van der Waals surface area (Å²) in [7, 11) is 1.73. The summed E-state index contributed by atoms with van der Waals surface area (Å²) in [5.74, 6) is -0.538. The molecular weight excluding hydrogens is 204 g/mol. The van der Waals surface area contributed by atoms with Gasteiger partial charge >= 0.3 is 0 Å². The van der Waals surface area contributed by atoms with Crippen LogP contribution in [-0.4, -0.2) is 21.7 Å². The highest BCUT2D eigenvalue weighted by Gasteiger charge is 2.17. The molecule has 14 heavy (non-hydrogen) atoms. The van der Waals surface area contributed by atoms with Crippen LogP contribution in [0, 0.1) is 6.92 Å². The molecule has 0 saturated heterocycles. The maximum atomic E-state index is 10.8. The smallest absolute Gasteiger partial charge is 0.234 e. The molecule has 78 valence electrons. The molecule has 5 nitrogen and oxygen atoms in total. The third kappa shape index (κ3) is 2.05. The molecule has 0 bridgehead atoms. The van der Waals surface area contributed by atoms with E-state index in [0.29, 0.717) is 11.6 Å². The average Bonchev–Trinajstić information content (AvgIpc) is 2.32. The molecule has 1 atom stereocenters. The molecule has 6 heteroatoms. The largest absolute Gasteiger partial charge is 0.368 e. The van der Waals surface area contributed by atoms with Crippen molar-refractivity contribution in [3.05, 3.63) is 16.4 Å². The molecule has 1 amide bonds. The summed E-state index contributed by atoms with van der Waals surface area (Å²) >= 11 is 5.96. The van der Waals surface area contributed by atoms with Crippen LogP contribution in [-0.2, 0) is 18.3 Å². The molecule has 1 heterocycles. The van der Waals surface area contributed by atoms with Gasteiger partial charge in [0.05, 0.1) is 11.7 Å². The van der Waals surface area contributed by atoms with Crippen molar-refractivity contribution in [3.63, 3.8) is 0 Å². The zero-order valence-electron chi connectivity index (χ0n) is 8.12. The van der Waals surface area contributed by atoms with E-state index in [0.717, 1.165) is 11.3 Å². The third-order valence-corrected chi connectivity index (χ3v) is 2.53. The molecule has 4 N–H and O–H groups in total. The molecule has 0 aromatic carbocycles. The van der Waals surface area contributed by atoms with Gasteiger partial charge < -0.3 is 11.5 Å². The summed E-state index contributed by atoms with van der Waals surface area (Å²) in [6.07, 6.45) is 0.327. The summed E-state index contributed by atoms with van der Waals surface area (Å²) in [4.78, 5) is 10.8. The Bertz CT molecular complexity index is 360. The first kappa shape index (κ1) is 11.0. The number of nitrogens with two attached hydrogens (primary N) is 2. The summed E-state index contributed by atoms with van der Waals surface area (Å²) in [5.41, 5.74) is 12.1. The average molecular weight is 217 g/mol. The van der Waals surface area contributed by atoms with Crippen molar-refractivity contribution in [2.75, 3.05) is 0 Å². The molecule has 1 aromatic heterocycles. The molecule has 0 fully saturated rings. The van der Waals surface area contributed by atoms with E-state index in [2.05, 4.69) is 5.10 Å². The highest BCUT2D eigenvalue weighted by molar-refractivity contribution is 6.30. The van der Waals surface area contributed by atoms with Crippen LogP contribution in [0.15, 0.2) is 0 Å². The van der Waals surface area contributed by atoms with E-state index in [9.17, 15) is 4.79 Å². The standard InChI is InChI=1S/C8H13ClN4O/c1-4-5(3-6(10)8(11)14)7(9)13(2)12-4/h6H,3,10H2,1-2H3,(H2,11,14). The number of amides is 1. The molecule has 0 aliphatic heterocycles. The number of rotatable bonds is 3. The van der Waals surface area contributed by atoms with Gasteiger partial charge in [0.25, 0.3) is 0 Å². The fourth-order valence-corrected chi connectivity index (χ4v) is 1.48. The predicted molar refractivity (Wildman–Crippen MR) is 53.8 cm³/mol. The maximum Gasteiger partial charge on any atom is 0.234 e. The highest BCUT2D eigenvalue weighted by Crippen LogP contribution is 2.19. The number of carbonyl (C=O) groups excluding carboxylic acids is 1. The van der Waals surface area contributed by atoms with E-state index >= 15 is 0 Å². The number of aromatic nitrogens is 2. The van der Waals surface area contributed by atoms with Gasteiger partial charge in [-0.2, -0.15) is 5.10 Å². The van der Waals surface area contributed by atoms with Crippen LogP contribution in [0.4, 0.5) is 0 Å². The first-order chi connectivity index (χ1) is 6.43. The maximum absolute atomic E-state index is 10.8. The molecule has 0 saturated carbocycles. The summed E-state index contributed by atoms with van der Waals surface area (Å²) in [6, 6.07) is -0.713. The van der Waals surface area contributed by atoms with Crippen LogP contribution in [0.5, 0.6) is 0 Å². The van der Waals surface area contributed by atoms with E-state index in [1.165, 1.54) is 0 Å². The summed E-state index contributed by atoms with van der Waals surface area (Å²) in [5, 5.41) is 4.60. The number of carbonyl (C=O) groups is 1. The van der Waals surface area contributed by atoms with Crippen molar-refractivity contribution in [2.45, 2.75) is 19.4 Å². The van der Waals surface area contributed by atoms with E-state index in [-0.39, 0.29) is 0 Å². The zero-order chi connectivity index (χ0) is 10.9. The second kappa shape index (κ2) is 3.98. The Balaban J connectivity index is 2.91. The van der Waals surface area contributed by atoms with Crippen LogP contribution >= 0.6 is 11.6 Å². The second-order valence-electron chi connectivity index (χ2n) is 3.19. The van der Waals surface area contributed by atoms with Crippen molar-refractivity contribution in [3.8, 4) is 0 Å². The SMILES string of the molecule is Cc1nn(C)c(Cl)c1CC(N)C(N)=O. The normalized spacial score (nSPS) is 12.9. The van der Waals surface area contributed by atoms with Crippen LogP contribution in [0.2, 0.25) is 5.15 Å². The van der Waals surface area contributed by atoms with Gasteiger partial charge in [0.15, 0.2) is 0 Å². The number of hydrogen-bond donors (Lipinski definition) is 2. The van der Waals surface area contributed by atoms with Gasteiger partial charge in [-0.15, -0.1) is 0 Å². The van der Waals surface area contributed by atoms with Crippen LogP contribution in [0.3, 0.4) is 0 Å². The number of halogens is 1. The van der Waals surface area contributed by atoms with Crippen LogP contribution in [0.25, 0.3) is 0 Å². The van der Waals surface area contributed by atoms with Gasteiger partial charge in [0.2, 0.25) is 5.91 Å².